The van der Waals surface area contributed by atoms with Gasteiger partial charge in [0, 0.05) is 19.8 Å². The van der Waals surface area contributed by atoms with Gasteiger partial charge in [-0.3, -0.25) is 0 Å². The van der Waals surface area contributed by atoms with E-state index < -0.39 is 0 Å². The smallest absolute Gasteiger partial charge is 0.0462 e. The molecule has 0 saturated carbocycles. The minimum Gasteiger partial charge on any atom is -0.385 e. The molecule has 9 heavy (non-hydrogen) atoms. The van der Waals surface area contributed by atoms with Crippen LogP contribution in [0.4, 0.5) is 0 Å². The first-order valence-electron chi connectivity index (χ1n) is 3.52. The van der Waals surface area contributed by atoms with Crippen LogP contribution in [0.15, 0.2) is 0 Å². The molecule has 56 valence electrons. The van der Waals surface area contributed by atoms with E-state index >= 15 is 0 Å². The van der Waals surface area contributed by atoms with Crippen LogP contribution in [0, 0.1) is 0 Å². The first kappa shape index (κ1) is 8.92. The van der Waals surface area contributed by atoms with Crippen molar-refractivity contribution in [2.24, 2.45) is 5.73 Å². The van der Waals surface area contributed by atoms with Gasteiger partial charge >= 0.3 is 0 Å². The highest BCUT2D eigenvalue weighted by Gasteiger charge is 1.92. The average Bonchev–Trinajstić information content (AvgIpc) is 1.80. The van der Waals surface area contributed by atoms with Gasteiger partial charge in [0.15, 0.2) is 0 Å². The highest BCUT2D eigenvalue weighted by molar-refractivity contribution is 4.51. The van der Waals surface area contributed by atoms with Crippen LogP contribution in [0.25, 0.3) is 0 Å². The Balaban J connectivity index is 2.75. The standard InChI is InChI=1S/C7H17NO/c1-7(8)5-3-4-6-9-2/h7H,3-6,8H2,1-2H3/t7-/m1/s1. The zero-order chi connectivity index (χ0) is 7.11. The fourth-order valence-electron chi connectivity index (χ4n) is 0.713. The van der Waals surface area contributed by atoms with Gasteiger partial charge in [0.05, 0.1) is 0 Å². The van der Waals surface area contributed by atoms with E-state index in [1.807, 2.05) is 6.92 Å². The summed E-state index contributed by atoms with van der Waals surface area (Å²) in [5.41, 5.74) is 5.53. The Bertz CT molecular complexity index is 54.9. The zero-order valence-corrected chi connectivity index (χ0v) is 6.39. The van der Waals surface area contributed by atoms with Crippen LogP contribution in [0.1, 0.15) is 26.2 Å². The van der Waals surface area contributed by atoms with Gasteiger partial charge in [-0.25, -0.2) is 0 Å². The van der Waals surface area contributed by atoms with Crippen molar-refractivity contribution in [3.63, 3.8) is 0 Å². The Hall–Kier alpha value is -0.0800. The summed E-state index contributed by atoms with van der Waals surface area (Å²) < 4.78 is 4.88. The van der Waals surface area contributed by atoms with Gasteiger partial charge in [-0.15, -0.1) is 0 Å². The number of ether oxygens (including phenoxy) is 1. The molecule has 0 saturated heterocycles. The van der Waals surface area contributed by atoms with Gasteiger partial charge in [-0.1, -0.05) is 0 Å². The van der Waals surface area contributed by atoms with Crippen molar-refractivity contribution < 1.29 is 4.74 Å². The molecule has 0 unspecified atom stereocenters. The van der Waals surface area contributed by atoms with E-state index in [-0.39, 0.29) is 0 Å². The molecule has 0 aliphatic heterocycles. The molecule has 0 fully saturated rings. The molecule has 1 atom stereocenters. The van der Waals surface area contributed by atoms with Crippen molar-refractivity contribution in [3.8, 4) is 0 Å². The zero-order valence-electron chi connectivity index (χ0n) is 6.39. The second-order valence-electron chi connectivity index (χ2n) is 2.47. The lowest BCUT2D eigenvalue weighted by Gasteiger charge is -2.02. The van der Waals surface area contributed by atoms with E-state index in [0.717, 1.165) is 19.4 Å². The van der Waals surface area contributed by atoms with Gasteiger partial charge < -0.3 is 10.5 Å². The molecule has 0 aromatic rings. The molecule has 2 heteroatoms. The molecule has 2 N–H and O–H groups in total. The maximum absolute atomic E-state index is 5.53. The number of hydrogen-bond acceptors (Lipinski definition) is 2. The molecule has 0 aliphatic rings. The van der Waals surface area contributed by atoms with Crippen molar-refractivity contribution >= 4 is 0 Å². The number of methoxy groups -OCH3 is 1. The normalized spacial score (nSPS) is 13.7. The van der Waals surface area contributed by atoms with Crippen LogP contribution in [-0.2, 0) is 4.74 Å². The second-order valence-corrected chi connectivity index (χ2v) is 2.47. The summed E-state index contributed by atoms with van der Waals surface area (Å²) in [6, 6.07) is 0.349. The molecule has 0 amide bonds. The van der Waals surface area contributed by atoms with Crippen LogP contribution in [-0.4, -0.2) is 19.8 Å². The van der Waals surface area contributed by atoms with Crippen LogP contribution < -0.4 is 5.73 Å². The van der Waals surface area contributed by atoms with Gasteiger partial charge in [0.1, 0.15) is 0 Å². The molecule has 0 rings (SSSR count). The number of nitrogens with two attached hydrogens (primary N) is 1. The topological polar surface area (TPSA) is 35.2 Å². The third-order valence-corrected chi connectivity index (χ3v) is 1.26. The summed E-state index contributed by atoms with van der Waals surface area (Å²) in [6.45, 7) is 2.90. The fraction of sp³-hybridized carbons (Fsp3) is 1.00. The summed E-state index contributed by atoms with van der Waals surface area (Å²) >= 11 is 0. The predicted octanol–water partition coefficient (Wildman–Crippen LogP) is 1.15. The summed E-state index contributed by atoms with van der Waals surface area (Å²) in [5.74, 6) is 0. The van der Waals surface area contributed by atoms with E-state index in [9.17, 15) is 0 Å². The van der Waals surface area contributed by atoms with E-state index in [1.165, 1.54) is 6.42 Å². The van der Waals surface area contributed by atoms with E-state index in [4.69, 9.17) is 10.5 Å². The lowest BCUT2D eigenvalue weighted by molar-refractivity contribution is 0.191. The minimum absolute atomic E-state index is 0.349. The third kappa shape index (κ3) is 7.92. The molecular formula is C7H17NO. The summed E-state index contributed by atoms with van der Waals surface area (Å²) in [7, 11) is 1.73. The minimum atomic E-state index is 0.349. The van der Waals surface area contributed by atoms with E-state index in [2.05, 4.69) is 0 Å². The first-order chi connectivity index (χ1) is 4.27. The second kappa shape index (κ2) is 6.05. The quantitative estimate of drug-likeness (QED) is 0.568. The first-order valence-corrected chi connectivity index (χ1v) is 3.52. The Morgan fingerprint density at radius 2 is 2.11 bits per heavy atom. The monoisotopic (exact) mass is 131 g/mol. The van der Waals surface area contributed by atoms with Gasteiger partial charge in [-0.2, -0.15) is 0 Å². The SMILES string of the molecule is COCCCC[C@@H](C)N. The maximum Gasteiger partial charge on any atom is 0.0462 e. The highest BCUT2D eigenvalue weighted by atomic mass is 16.5. The number of rotatable bonds is 5. The highest BCUT2D eigenvalue weighted by Crippen LogP contribution is 1.97. The van der Waals surface area contributed by atoms with Crippen LogP contribution >= 0.6 is 0 Å². The van der Waals surface area contributed by atoms with Crippen molar-refractivity contribution in [2.45, 2.75) is 32.2 Å². The molecule has 0 aliphatic carbocycles. The Morgan fingerprint density at radius 3 is 2.56 bits per heavy atom. The molecular weight excluding hydrogens is 114 g/mol. The van der Waals surface area contributed by atoms with Crippen LogP contribution in [0.2, 0.25) is 0 Å². The van der Waals surface area contributed by atoms with Crippen LogP contribution in [0.5, 0.6) is 0 Å². The third-order valence-electron chi connectivity index (χ3n) is 1.26. The lowest BCUT2D eigenvalue weighted by Crippen LogP contribution is -2.14. The Morgan fingerprint density at radius 1 is 1.44 bits per heavy atom. The molecule has 0 radical (unpaired) electrons. The molecule has 0 heterocycles. The van der Waals surface area contributed by atoms with Gasteiger partial charge in [0.2, 0.25) is 0 Å². The molecule has 0 bridgehead atoms. The Kier molecular flexibility index (Phi) is 5.99. The molecule has 2 nitrogen and oxygen atoms in total. The molecule has 0 aromatic carbocycles. The van der Waals surface area contributed by atoms with Crippen molar-refractivity contribution in [1.29, 1.82) is 0 Å². The predicted molar refractivity (Wildman–Crippen MR) is 39.4 cm³/mol. The average molecular weight is 131 g/mol. The van der Waals surface area contributed by atoms with E-state index in [1.54, 1.807) is 7.11 Å². The largest absolute Gasteiger partial charge is 0.385 e. The summed E-state index contributed by atoms with van der Waals surface area (Å²) in [4.78, 5) is 0. The molecule has 0 spiro atoms. The Labute approximate surface area is 57.4 Å². The summed E-state index contributed by atoms with van der Waals surface area (Å²) in [5, 5.41) is 0. The van der Waals surface area contributed by atoms with Crippen LogP contribution in [0.3, 0.4) is 0 Å². The van der Waals surface area contributed by atoms with Crippen molar-refractivity contribution in [2.75, 3.05) is 13.7 Å². The van der Waals surface area contributed by atoms with E-state index in [0.29, 0.717) is 6.04 Å². The lowest BCUT2D eigenvalue weighted by atomic mass is 10.1. The van der Waals surface area contributed by atoms with Crippen molar-refractivity contribution in [3.05, 3.63) is 0 Å². The van der Waals surface area contributed by atoms with Crippen molar-refractivity contribution in [1.82, 2.24) is 0 Å². The van der Waals surface area contributed by atoms with Gasteiger partial charge in [0.25, 0.3) is 0 Å². The molecule has 0 aromatic heterocycles. The number of hydrogen-bond donors (Lipinski definition) is 1. The fourth-order valence-corrected chi connectivity index (χ4v) is 0.713. The summed E-state index contributed by atoms with van der Waals surface area (Å²) in [6.07, 6.45) is 3.44. The number of unbranched alkanes of at least 4 members (excludes halogenated alkanes) is 1. The van der Waals surface area contributed by atoms with Gasteiger partial charge in [-0.05, 0) is 26.2 Å². The maximum atomic E-state index is 5.53.